The highest BCUT2D eigenvalue weighted by atomic mass is 16.4. The van der Waals surface area contributed by atoms with Crippen molar-refractivity contribution in [2.75, 3.05) is 6.54 Å². The van der Waals surface area contributed by atoms with Crippen molar-refractivity contribution in [3.8, 4) is 0 Å². The summed E-state index contributed by atoms with van der Waals surface area (Å²) in [6.45, 7) is -0.343. The predicted molar refractivity (Wildman–Crippen MR) is 65.8 cm³/mol. The Morgan fingerprint density at radius 3 is 2.58 bits per heavy atom. The third-order valence-corrected chi connectivity index (χ3v) is 3.23. The first kappa shape index (κ1) is 13.3. The summed E-state index contributed by atoms with van der Waals surface area (Å²) in [7, 11) is 0. The summed E-state index contributed by atoms with van der Waals surface area (Å²) < 4.78 is 0. The van der Waals surface area contributed by atoms with E-state index in [9.17, 15) is 14.4 Å². The Kier molecular flexibility index (Phi) is 3.94. The first-order valence-electron chi connectivity index (χ1n) is 6.16. The van der Waals surface area contributed by atoms with E-state index in [-0.39, 0.29) is 18.3 Å². The number of carbonyl (C=O) groups excluding carboxylic acids is 1. The number of nitrogens with one attached hydrogen (secondary N) is 1. The molecule has 1 aromatic rings. The second-order valence-corrected chi connectivity index (χ2v) is 4.57. The number of carbonyl (C=O) groups is 2. The number of aromatic nitrogens is 2. The van der Waals surface area contributed by atoms with Gasteiger partial charge in [-0.3, -0.25) is 14.4 Å². The average Bonchev–Trinajstić information content (AvgIpc) is 2.89. The Hall–Kier alpha value is -2.18. The number of hydrogen-bond donors (Lipinski definition) is 2. The lowest BCUT2D eigenvalue weighted by Gasteiger charge is -2.26. The summed E-state index contributed by atoms with van der Waals surface area (Å²) >= 11 is 0. The zero-order valence-corrected chi connectivity index (χ0v) is 10.3. The highest BCUT2D eigenvalue weighted by Crippen LogP contribution is 2.24. The molecule has 0 aliphatic heterocycles. The molecule has 0 saturated heterocycles. The maximum absolute atomic E-state index is 12.3. The van der Waals surface area contributed by atoms with E-state index in [1.165, 1.54) is 17.0 Å². The van der Waals surface area contributed by atoms with E-state index >= 15 is 0 Å². The molecule has 7 heteroatoms. The molecule has 1 heterocycles. The molecule has 1 saturated carbocycles. The minimum absolute atomic E-state index is 0.0580. The fraction of sp³-hybridized carbons (Fsp3) is 0.500. The van der Waals surface area contributed by atoms with Crippen molar-refractivity contribution in [1.29, 1.82) is 0 Å². The lowest BCUT2D eigenvalue weighted by Crippen LogP contribution is -2.42. The van der Waals surface area contributed by atoms with Crippen LogP contribution in [0.2, 0.25) is 0 Å². The van der Waals surface area contributed by atoms with E-state index in [2.05, 4.69) is 10.2 Å². The predicted octanol–water partition coefficient (Wildman–Crippen LogP) is 0.239. The Labute approximate surface area is 109 Å². The molecule has 1 amide bonds. The summed E-state index contributed by atoms with van der Waals surface area (Å²) in [4.78, 5) is 35.4. The minimum atomic E-state index is -1.05. The van der Waals surface area contributed by atoms with Crippen LogP contribution in [0.5, 0.6) is 0 Å². The van der Waals surface area contributed by atoms with E-state index in [1.54, 1.807) is 0 Å². The van der Waals surface area contributed by atoms with Gasteiger partial charge in [-0.1, -0.05) is 12.8 Å². The highest BCUT2D eigenvalue weighted by Gasteiger charge is 2.29. The molecule has 1 aliphatic rings. The van der Waals surface area contributed by atoms with Gasteiger partial charge in [-0.2, -0.15) is 5.10 Å². The van der Waals surface area contributed by atoms with Gasteiger partial charge in [0.2, 0.25) is 0 Å². The maximum Gasteiger partial charge on any atom is 0.323 e. The monoisotopic (exact) mass is 265 g/mol. The second kappa shape index (κ2) is 5.64. The van der Waals surface area contributed by atoms with Crippen LogP contribution in [0.1, 0.15) is 36.2 Å². The summed E-state index contributed by atoms with van der Waals surface area (Å²) in [5.74, 6) is -1.50. The Bertz CT molecular complexity index is 514. The fourth-order valence-electron chi connectivity index (χ4n) is 2.34. The lowest BCUT2D eigenvalue weighted by atomic mass is 10.2. The molecule has 0 bridgehead atoms. The van der Waals surface area contributed by atoms with Crippen LogP contribution in [-0.2, 0) is 4.79 Å². The van der Waals surface area contributed by atoms with Gasteiger partial charge in [0.05, 0.1) is 0 Å². The third kappa shape index (κ3) is 3.18. The molecule has 102 valence electrons. The van der Waals surface area contributed by atoms with E-state index in [4.69, 9.17) is 5.11 Å². The molecule has 0 atom stereocenters. The van der Waals surface area contributed by atoms with Crippen LogP contribution in [0.3, 0.4) is 0 Å². The molecule has 0 aromatic carbocycles. The van der Waals surface area contributed by atoms with Gasteiger partial charge in [0.1, 0.15) is 12.2 Å². The van der Waals surface area contributed by atoms with Gasteiger partial charge in [0, 0.05) is 12.1 Å². The molecular weight excluding hydrogens is 250 g/mol. The van der Waals surface area contributed by atoms with Crippen molar-refractivity contribution in [2.24, 2.45) is 0 Å². The van der Waals surface area contributed by atoms with E-state index in [0.717, 1.165) is 25.7 Å². The summed E-state index contributed by atoms with van der Waals surface area (Å²) in [6, 6.07) is 2.45. The van der Waals surface area contributed by atoms with Gasteiger partial charge in [-0.05, 0) is 18.9 Å². The molecule has 0 unspecified atom stereocenters. The molecule has 19 heavy (non-hydrogen) atoms. The Morgan fingerprint density at radius 1 is 1.37 bits per heavy atom. The van der Waals surface area contributed by atoms with Gasteiger partial charge in [0.25, 0.3) is 11.5 Å². The van der Waals surface area contributed by atoms with Crippen LogP contribution in [0.15, 0.2) is 16.9 Å². The molecule has 1 aliphatic carbocycles. The number of rotatable bonds is 4. The number of carboxylic acid groups (broad SMARTS) is 1. The first-order chi connectivity index (χ1) is 9.08. The number of hydrogen-bond acceptors (Lipinski definition) is 4. The van der Waals surface area contributed by atoms with E-state index in [0.29, 0.717) is 0 Å². The van der Waals surface area contributed by atoms with Gasteiger partial charge in [-0.15, -0.1) is 0 Å². The number of nitrogens with zero attached hydrogens (tertiary/aromatic N) is 2. The van der Waals surface area contributed by atoms with Crippen molar-refractivity contribution < 1.29 is 14.7 Å². The zero-order chi connectivity index (χ0) is 13.8. The molecule has 2 rings (SSSR count). The van der Waals surface area contributed by atoms with E-state index in [1.807, 2.05) is 0 Å². The normalized spacial score (nSPS) is 15.4. The Morgan fingerprint density at radius 2 is 2.05 bits per heavy atom. The van der Waals surface area contributed by atoms with Crippen LogP contribution >= 0.6 is 0 Å². The molecule has 0 spiro atoms. The molecule has 1 fully saturated rings. The third-order valence-electron chi connectivity index (χ3n) is 3.23. The van der Waals surface area contributed by atoms with Crippen molar-refractivity contribution in [1.82, 2.24) is 15.1 Å². The van der Waals surface area contributed by atoms with Gasteiger partial charge < -0.3 is 10.0 Å². The quantitative estimate of drug-likeness (QED) is 0.811. The topological polar surface area (TPSA) is 103 Å². The number of H-pyrrole nitrogens is 1. The average molecular weight is 265 g/mol. The van der Waals surface area contributed by atoms with Crippen molar-refractivity contribution >= 4 is 11.9 Å². The van der Waals surface area contributed by atoms with Gasteiger partial charge in [0.15, 0.2) is 0 Å². The van der Waals surface area contributed by atoms with Crippen LogP contribution < -0.4 is 5.56 Å². The lowest BCUT2D eigenvalue weighted by molar-refractivity contribution is -0.138. The van der Waals surface area contributed by atoms with Gasteiger partial charge in [-0.25, -0.2) is 5.10 Å². The van der Waals surface area contributed by atoms with Crippen LogP contribution in [0, 0.1) is 0 Å². The number of aromatic amines is 1. The SMILES string of the molecule is O=C(O)CN(C(=O)c1ccc(=O)[nH]n1)C1CCCC1. The molecule has 7 nitrogen and oxygen atoms in total. The standard InChI is InChI=1S/C12H15N3O4/c16-10-6-5-9(13-14-10)12(19)15(7-11(17)18)8-3-1-2-4-8/h5-6,8H,1-4,7H2,(H,14,16)(H,17,18). The summed E-state index contributed by atoms with van der Waals surface area (Å²) in [6.07, 6.45) is 3.60. The summed E-state index contributed by atoms with van der Waals surface area (Å²) in [5, 5.41) is 14.7. The zero-order valence-electron chi connectivity index (χ0n) is 10.3. The minimum Gasteiger partial charge on any atom is -0.480 e. The molecule has 1 aromatic heterocycles. The smallest absolute Gasteiger partial charge is 0.323 e. The van der Waals surface area contributed by atoms with Gasteiger partial charge >= 0.3 is 5.97 Å². The van der Waals surface area contributed by atoms with Crippen molar-refractivity contribution in [3.05, 3.63) is 28.2 Å². The number of carboxylic acids is 1. The maximum atomic E-state index is 12.3. The van der Waals surface area contributed by atoms with Crippen LogP contribution in [0.25, 0.3) is 0 Å². The summed E-state index contributed by atoms with van der Waals surface area (Å²) in [5.41, 5.74) is -0.338. The molecular formula is C12H15N3O4. The van der Waals surface area contributed by atoms with Crippen LogP contribution in [0.4, 0.5) is 0 Å². The van der Waals surface area contributed by atoms with Crippen LogP contribution in [-0.4, -0.2) is 44.7 Å². The molecule has 0 radical (unpaired) electrons. The largest absolute Gasteiger partial charge is 0.480 e. The number of amides is 1. The second-order valence-electron chi connectivity index (χ2n) is 4.57. The molecule has 2 N–H and O–H groups in total. The van der Waals surface area contributed by atoms with E-state index < -0.39 is 17.4 Å². The Balaban J connectivity index is 2.21. The van der Waals surface area contributed by atoms with Crippen molar-refractivity contribution in [2.45, 2.75) is 31.7 Å². The highest BCUT2D eigenvalue weighted by molar-refractivity contribution is 5.94. The number of aliphatic carboxylic acids is 1. The van der Waals surface area contributed by atoms with Crippen molar-refractivity contribution in [3.63, 3.8) is 0 Å². The fourth-order valence-corrected chi connectivity index (χ4v) is 2.34. The first-order valence-corrected chi connectivity index (χ1v) is 6.16.